The zero-order valence-corrected chi connectivity index (χ0v) is 12.7. The highest BCUT2D eigenvalue weighted by Crippen LogP contribution is 2.18. The Bertz CT molecular complexity index is 575. The molecule has 19 heavy (non-hydrogen) atoms. The molecule has 1 amide bonds. The van der Waals surface area contributed by atoms with Crippen molar-refractivity contribution in [1.82, 2.24) is 19.4 Å². The van der Waals surface area contributed by atoms with Crippen molar-refractivity contribution in [3.63, 3.8) is 0 Å². The Labute approximate surface area is 113 Å². The predicted molar refractivity (Wildman–Crippen MR) is 71.3 cm³/mol. The molecule has 1 aromatic heterocycles. The van der Waals surface area contributed by atoms with Crippen molar-refractivity contribution in [2.24, 2.45) is 0 Å². The third-order valence-electron chi connectivity index (χ3n) is 2.80. The minimum atomic E-state index is -3.72. The topological polar surface area (TPSA) is 84.3 Å². The van der Waals surface area contributed by atoms with Crippen LogP contribution in [-0.4, -0.2) is 49.6 Å². The highest BCUT2D eigenvalue weighted by Gasteiger charge is 2.24. The number of carbonyl (C=O) groups is 1. The van der Waals surface area contributed by atoms with Crippen LogP contribution in [0.1, 0.15) is 18.3 Å². The maximum Gasteiger partial charge on any atom is 0.244 e. The second-order valence-electron chi connectivity index (χ2n) is 4.43. The largest absolute Gasteiger partial charge is 0.348 e. The van der Waals surface area contributed by atoms with Gasteiger partial charge in [-0.15, -0.1) is 0 Å². The summed E-state index contributed by atoms with van der Waals surface area (Å²) in [6.45, 7) is 5.57. The van der Waals surface area contributed by atoms with Gasteiger partial charge in [0.2, 0.25) is 15.9 Å². The molecular weight excluding hydrogens is 268 g/mol. The first-order valence-corrected chi connectivity index (χ1v) is 7.42. The lowest BCUT2D eigenvalue weighted by Gasteiger charge is -2.11. The molecular formula is C11H20N4O3S. The summed E-state index contributed by atoms with van der Waals surface area (Å²) < 4.78 is 28.3. The van der Waals surface area contributed by atoms with Crippen molar-refractivity contribution in [3.8, 4) is 0 Å². The van der Waals surface area contributed by atoms with Gasteiger partial charge >= 0.3 is 0 Å². The smallest absolute Gasteiger partial charge is 0.244 e. The number of aromatic nitrogens is 2. The van der Waals surface area contributed by atoms with Crippen LogP contribution in [0.5, 0.6) is 0 Å². The molecule has 0 aliphatic carbocycles. The van der Waals surface area contributed by atoms with E-state index in [4.69, 9.17) is 0 Å². The van der Waals surface area contributed by atoms with Crippen LogP contribution in [0.2, 0.25) is 0 Å². The molecule has 0 aromatic carbocycles. The van der Waals surface area contributed by atoms with Crippen LogP contribution < -0.4 is 4.72 Å². The van der Waals surface area contributed by atoms with Crippen molar-refractivity contribution in [1.29, 1.82) is 0 Å². The van der Waals surface area contributed by atoms with Gasteiger partial charge in [0.1, 0.15) is 4.90 Å². The van der Waals surface area contributed by atoms with Crippen LogP contribution in [-0.2, 0) is 21.4 Å². The number of nitrogens with zero attached hydrogens (tertiary/aromatic N) is 3. The number of rotatable bonds is 5. The van der Waals surface area contributed by atoms with Gasteiger partial charge in [-0.05, 0) is 20.8 Å². The Morgan fingerprint density at radius 3 is 2.37 bits per heavy atom. The monoisotopic (exact) mass is 288 g/mol. The molecule has 0 saturated carbocycles. The van der Waals surface area contributed by atoms with Gasteiger partial charge in [-0.2, -0.15) is 5.10 Å². The van der Waals surface area contributed by atoms with Gasteiger partial charge in [-0.1, -0.05) is 0 Å². The van der Waals surface area contributed by atoms with Gasteiger partial charge in [0.15, 0.2) is 0 Å². The van der Waals surface area contributed by atoms with Crippen LogP contribution in [0.3, 0.4) is 0 Å². The molecule has 0 bridgehead atoms. The summed E-state index contributed by atoms with van der Waals surface area (Å²) in [6, 6.07) is 0. The lowest BCUT2D eigenvalue weighted by molar-refractivity contribution is -0.127. The fourth-order valence-corrected chi connectivity index (χ4v) is 3.15. The van der Waals surface area contributed by atoms with Crippen LogP contribution in [0, 0.1) is 13.8 Å². The molecule has 1 rings (SSSR count). The molecule has 1 aromatic rings. The molecule has 1 N–H and O–H groups in total. The van der Waals surface area contributed by atoms with Gasteiger partial charge in [0.05, 0.1) is 17.9 Å². The van der Waals surface area contributed by atoms with E-state index in [1.165, 1.54) is 4.90 Å². The van der Waals surface area contributed by atoms with Crippen molar-refractivity contribution < 1.29 is 13.2 Å². The number of aryl methyl sites for hydroxylation is 2. The number of likely N-dealkylation sites (N-methyl/N-ethyl adjacent to an activating group) is 1. The van der Waals surface area contributed by atoms with E-state index in [1.54, 1.807) is 32.6 Å². The molecule has 7 nitrogen and oxygen atoms in total. The Morgan fingerprint density at radius 1 is 1.37 bits per heavy atom. The van der Waals surface area contributed by atoms with Crippen LogP contribution in [0.25, 0.3) is 0 Å². The second-order valence-corrected chi connectivity index (χ2v) is 6.13. The molecule has 0 aliphatic heterocycles. The summed E-state index contributed by atoms with van der Waals surface area (Å²) in [6.07, 6.45) is 0. The molecule has 0 spiro atoms. The summed E-state index contributed by atoms with van der Waals surface area (Å²) in [5, 5.41) is 4.16. The Kier molecular flexibility index (Phi) is 4.70. The van der Waals surface area contributed by atoms with Crippen molar-refractivity contribution in [2.45, 2.75) is 32.2 Å². The summed E-state index contributed by atoms with van der Waals surface area (Å²) in [5.74, 6) is -0.304. The number of hydrogen-bond donors (Lipinski definition) is 1. The van der Waals surface area contributed by atoms with E-state index in [9.17, 15) is 13.2 Å². The zero-order valence-electron chi connectivity index (χ0n) is 11.9. The van der Waals surface area contributed by atoms with Crippen LogP contribution >= 0.6 is 0 Å². The quantitative estimate of drug-likeness (QED) is 0.819. The first-order chi connectivity index (χ1) is 8.70. The molecule has 0 aliphatic rings. The highest BCUT2D eigenvalue weighted by atomic mass is 32.2. The average Bonchev–Trinajstić information content (AvgIpc) is 2.61. The molecule has 0 unspecified atom stereocenters. The lowest BCUT2D eigenvalue weighted by atomic mass is 10.4. The summed E-state index contributed by atoms with van der Waals surface area (Å²) in [5.41, 5.74) is 1.01. The van der Waals surface area contributed by atoms with Crippen molar-refractivity contribution in [2.75, 3.05) is 20.6 Å². The number of hydrogen-bond acceptors (Lipinski definition) is 4. The fourth-order valence-electron chi connectivity index (χ4n) is 1.76. The van der Waals surface area contributed by atoms with Gasteiger partial charge < -0.3 is 4.90 Å². The number of carbonyl (C=O) groups excluding carboxylic acids is 1. The molecule has 0 fully saturated rings. The molecule has 0 radical (unpaired) electrons. The van der Waals surface area contributed by atoms with Crippen LogP contribution in [0.15, 0.2) is 4.90 Å². The van der Waals surface area contributed by atoms with Crippen LogP contribution in [0.4, 0.5) is 0 Å². The van der Waals surface area contributed by atoms with Crippen molar-refractivity contribution >= 4 is 15.9 Å². The SMILES string of the molecule is CCn1nc(C)c(S(=O)(=O)NCC(=O)N(C)C)c1C. The normalized spacial score (nSPS) is 11.6. The Hall–Kier alpha value is -1.41. The summed E-state index contributed by atoms with van der Waals surface area (Å²) in [7, 11) is -0.577. The van der Waals surface area contributed by atoms with E-state index < -0.39 is 10.0 Å². The van der Waals surface area contributed by atoms with E-state index >= 15 is 0 Å². The Balaban J connectivity index is 3.02. The molecule has 1 heterocycles. The van der Waals surface area contributed by atoms with Gasteiger partial charge in [0.25, 0.3) is 0 Å². The standard InChI is InChI=1S/C11H20N4O3S/c1-6-15-9(3)11(8(2)13-15)19(17,18)12-7-10(16)14(4)5/h12H,6-7H2,1-5H3. The number of nitrogens with one attached hydrogen (secondary N) is 1. The lowest BCUT2D eigenvalue weighted by Crippen LogP contribution is -2.36. The zero-order chi connectivity index (χ0) is 14.8. The minimum Gasteiger partial charge on any atom is -0.348 e. The van der Waals surface area contributed by atoms with E-state index in [0.29, 0.717) is 17.9 Å². The molecule has 0 saturated heterocycles. The summed E-state index contributed by atoms with van der Waals surface area (Å²) in [4.78, 5) is 12.9. The van der Waals surface area contributed by atoms with Crippen molar-refractivity contribution in [3.05, 3.63) is 11.4 Å². The minimum absolute atomic E-state index is 0.154. The summed E-state index contributed by atoms with van der Waals surface area (Å²) >= 11 is 0. The second kappa shape index (κ2) is 5.70. The molecule has 8 heteroatoms. The number of amides is 1. The first kappa shape index (κ1) is 15.6. The Morgan fingerprint density at radius 2 is 1.95 bits per heavy atom. The van der Waals surface area contributed by atoms with E-state index in [1.807, 2.05) is 6.92 Å². The maximum absolute atomic E-state index is 12.2. The molecule has 108 valence electrons. The molecule has 0 atom stereocenters. The van der Waals surface area contributed by atoms with E-state index in [2.05, 4.69) is 9.82 Å². The fraction of sp³-hybridized carbons (Fsp3) is 0.636. The average molecular weight is 288 g/mol. The van der Waals surface area contributed by atoms with E-state index in [0.717, 1.165) is 0 Å². The third kappa shape index (κ3) is 3.32. The van der Waals surface area contributed by atoms with Gasteiger partial charge in [-0.25, -0.2) is 13.1 Å². The third-order valence-corrected chi connectivity index (χ3v) is 4.45. The van der Waals surface area contributed by atoms with Gasteiger partial charge in [0, 0.05) is 20.6 Å². The van der Waals surface area contributed by atoms with Gasteiger partial charge in [-0.3, -0.25) is 9.48 Å². The maximum atomic E-state index is 12.2. The highest BCUT2D eigenvalue weighted by molar-refractivity contribution is 7.89. The first-order valence-electron chi connectivity index (χ1n) is 5.94. The number of sulfonamides is 1. The predicted octanol–water partition coefficient (Wildman–Crippen LogP) is -0.114. The van der Waals surface area contributed by atoms with E-state index in [-0.39, 0.29) is 17.3 Å².